The summed E-state index contributed by atoms with van der Waals surface area (Å²) in [4.78, 5) is 29.2. The van der Waals surface area contributed by atoms with Crippen LogP contribution in [0.15, 0.2) is 61.2 Å². The Hall–Kier alpha value is -4.27. The Morgan fingerprint density at radius 2 is 1.94 bits per heavy atom. The Morgan fingerprint density at radius 1 is 1.09 bits per heavy atom. The van der Waals surface area contributed by atoms with Gasteiger partial charge < -0.3 is 9.30 Å². The molecule has 1 atom stereocenters. The van der Waals surface area contributed by atoms with Crippen molar-refractivity contribution < 1.29 is 18.3 Å². The molecule has 2 aromatic carbocycles. The van der Waals surface area contributed by atoms with Crippen LogP contribution in [0.2, 0.25) is 0 Å². The molecule has 0 saturated heterocycles. The van der Waals surface area contributed by atoms with Crippen LogP contribution < -0.4 is 0 Å². The zero-order valence-corrected chi connectivity index (χ0v) is 18.4. The number of imidazole rings is 1. The first-order chi connectivity index (χ1) is 16.5. The van der Waals surface area contributed by atoms with E-state index in [0.717, 1.165) is 5.39 Å². The number of methoxy groups -OCH3 is 1. The summed E-state index contributed by atoms with van der Waals surface area (Å²) in [6.07, 6.45) is 5.26. The van der Waals surface area contributed by atoms with E-state index in [1.165, 1.54) is 31.5 Å². The van der Waals surface area contributed by atoms with Gasteiger partial charge in [-0.05, 0) is 30.7 Å². The molecule has 0 saturated carbocycles. The summed E-state index contributed by atoms with van der Waals surface area (Å²) in [7, 11) is 1.19. The molecule has 1 unspecified atom stereocenters. The second-order valence-electron chi connectivity index (χ2n) is 7.73. The number of benzene rings is 2. The van der Waals surface area contributed by atoms with Gasteiger partial charge in [0, 0.05) is 28.8 Å². The number of aromatic nitrogens is 5. The highest BCUT2D eigenvalue weighted by atomic mass is 19.1. The second-order valence-corrected chi connectivity index (χ2v) is 7.73. The van der Waals surface area contributed by atoms with Gasteiger partial charge in [0.15, 0.2) is 11.3 Å². The maximum absolute atomic E-state index is 15.1. The number of nitrogens with zero attached hydrogens (tertiary/aromatic N) is 5. The molecule has 34 heavy (non-hydrogen) atoms. The van der Waals surface area contributed by atoms with Gasteiger partial charge in [-0.1, -0.05) is 19.1 Å². The lowest BCUT2D eigenvalue weighted by Crippen LogP contribution is -2.12. The summed E-state index contributed by atoms with van der Waals surface area (Å²) in [5, 5.41) is 0.828. The highest BCUT2D eigenvalue weighted by molar-refractivity contribution is 5.90. The maximum Gasteiger partial charge on any atom is 0.340 e. The summed E-state index contributed by atoms with van der Waals surface area (Å²) in [5.41, 5.74) is 2.55. The summed E-state index contributed by atoms with van der Waals surface area (Å²) in [5.74, 6) is -1.86. The molecule has 5 rings (SSSR count). The molecule has 0 aliphatic carbocycles. The number of esters is 1. The summed E-state index contributed by atoms with van der Waals surface area (Å²) in [6.45, 7) is 1.95. The van der Waals surface area contributed by atoms with E-state index < -0.39 is 17.8 Å². The van der Waals surface area contributed by atoms with E-state index in [9.17, 15) is 9.18 Å². The van der Waals surface area contributed by atoms with E-state index in [0.29, 0.717) is 40.1 Å². The fraction of sp³-hybridized carbons (Fsp3) is 0.160. The number of fused-ring (bicyclic) bond motifs is 2. The molecular weight excluding hydrogens is 440 g/mol. The van der Waals surface area contributed by atoms with Crippen LogP contribution in [-0.2, 0) is 4.74 Å². The van der Waals surface area contributed by atoms with Crippen LogP contribution >= 0.6 is 0 Å². The molecule has 3 aromatic heterocycles. The number of carbonyl (C=O) groups excluding carboxylic acids is 1. The van der Waals surface area contributed by atoms with E-state index in [1.54, 1.807) is 35.3 Å². The minimum atomic E-state index is -0.762. The van der Waals surface area contributed by atoms with Gasteiger partial charge in [-0.3, -0.25) is 4.98 Å². The van der Waals surface area contributed by atoms with Gasteiger partial charge in [0.1, 0.15) is 11.6 Å². The van der Waals surface area contributed by atoms with Crippen LogP contribution in [0.25, 0.3) is 33.5 Å². The molecule has 0 N–H and O–H groups in total. The average Bonchev–Trinajstić information content (AvgIpc) is 3.27. The molecule has 0 radical (unpaired) electrons. The minimum absolute atomic E-state index is 0.169. The van der Waals surface area contributed by atoms with Gasteiger partial charge in [-0.15, -0.1) is 0 Å². The van der Waals surface area contributed by atoms with Gasteiger partial charge >= 0.3 is 5.97 Å². The van der Waals surface area contributed by atoms with Crippen LogP contribution in [0, 0.1) is 11.6 Å². The SMILES string of the molecule is CCC(c1cc2cccnc2cc1F)n1cnc2ncc(-c3ccc(C(=O)OC)c(F)c3)nc21. The average molecular weight is 459 g/mol. The predicted molar refractivity (Wildman–Crippen MR) is 122 cm³/mol. The lowest BCUT2D eigenvalue weighted by molar-refractivity contribution is 0.0595. The Balaban J connectivity index is 1.60. The van der Waals surface area contributed by atoms with Crippen molar-refractivity contribution in [3.05, 3.63) is 83.9 Å². The molecule has 0 spiro atoms. The summed E-state index contributed by atoms with van der Waals surface area (Å²) in [6, 6.07) is 10.6. The quantitative estimate of drug-likeness (QED) is 0.340. The molecule has 0 amide bonds. The van der Waals surface area contributed by atoms with Gasteiger partial charge in [0.2, 0.25) is 0 Å². The van der Waals surface area contributed by atoms with Crippen LogP contribution in [0.5, 0.6) is 0 Å². The molecule has 0 aliphatic rings. The summed E-state index contributed by atoms with van der Waals surface area (Å²) < 4.78 is 35.9. The van der Waals surface area contributed by atoms with E-state index >= 15 is 4.39 Å². The molecule has 3 heterocycles. The number of halogens is 2. The van der Waals surface area contributed by atoms with E-state index in [2.05, 4.69) is 24.7 Å². The molecule has 5 aromatic rings. The van der Waals surface area contributed by atoms with Crippen molar-refractivity contribution in [1.29, 1.82) is 0 Å². The molecule has 170 valence electrons. The fourth-order valence-electron chi connectivity index (χ4n) is 4.06. The highest BCUT2D eigenvalue weighted by Crippen LogP contribution is 2.31. The lowest BCUT2D eigenvalue weighted by Gasteiger charge is -2.19. The van der Waals surface area contributed by atoms with E-state index in [1.807, 2.05) is 13.0 Å². The third-order valence-corrected chi connectivity index (χ3v) is 5.76. The van der Waals surface area contributed by atoms with Crippen molar-refractivity contribution in [3.63, 3.8) is 0 Å². The van der Waals surface area contributed by atoms with Crippen molar-refractivity contribution in [1.82, 2.24) is 24.5 Å². The highest BCUT2D eigenvalue weighted by Gasteiger charge is 2.21. The fourth-order valence-corrected chi connectivity index (χ4v) is 4.06. The number of carbonyl (C=O) groups is 1. The number of hydrogen-bond donors (Lipinski definition) is 0. The molecule has 9 heteroatoms. The van der Waals surface area contributed by atoms with Crippen molar-refractivity contribution in [2.24, 2.45) is 0 Å². The second kappa shape index (κ2) is 8.58. The normalized spacial score (nSPS) is 12.2. The van der Waals surface area contributed by atoms with Crippen LogP contribution in [-0.4, -0.2) is 37.6 Å². The first-order valence-electron chi connectivity index (χ1n) is 10.6. The third kappa shape index (κ3) is 3.64. The Kier molecular flexibility index (Phi) is 5.45. The molecule has 0 fully saturated rings. The smallest absolute Gasteiger partial charge is 0.340 e. The summed E-state index contributed by atoms with van der Waals surface area (Å²) >= 11 is 0. The molecule has 0 bridgehead atoms. The number of pyridine rings is 1. The minimum Gasteiger partial charge on any atom is -0.465 e. The van der Waals surface area contributed by atoms with Gasteiger partial charge in [0.05, 0.1) is 42.4 Å². The zero-order valence-electron chi connectivity index (χ0n) is 18.4. The first-order valence-corrected chi connectivity index (χ1v) is 10.6. The molecule has 7 nitrogen and oxygen atoms in total. The topological polar surface area (TPSA) is 82.8 Å². The van der Waals surface area contributed by atoms with Crippen molar-refractivity contribution in [2.45, 2.75) is 19.4 Å². The third-order valence-electron chi connectivity index (χ3n) is 5.76. The number of hydrogen-bond acceptors (Lipinski definition) is 6. The maximum atomic E-state index is 15.1. The molecular formula is C25H19F2N5O2. The van der Waals surface area contributed by atoms with E-state index in [-0.39, 0.29) is 11.4 Å². The van der Waals surface area contributed by atoms with E-state index in [4.69, 9.17) is 0 Å². The van der Waals surface area contributed by atoms with Crippen LogP contribution in [0.1, 0.15) is 35.3 Å². The Bertz CT molecular complexity index is 1550. The van der Waals surface area contributed by atoms with Crippen molar-refractivity contribution in [3.8, 4) is 11.3 Å². The van der Waals surface area contributed by atoms with Crippen molar-refractivity contribution in [2.75, 3.05) is 7.11 Å². The Labute approximate surface area is 193 Å². The van der Waals surface area contributed by atoms with Crippen LogP contribution in [0.3, 0.4) is 0 Å². The monoisotopic (exact) mass is 459 g/mol. The zero-order chi connectivity index (χ0) is 23.8. The van der Waals surface area contributed by atoms with Crippen molar-refractivity contribution >= 4 is 28.2 Å². The standard InChI is InChI=1S/C25H19F2N5O2/c1-3-22(17-9-14-5-4-8-28-20(14)11-19(17)27)32-13-30-23-24(32)31-21(12-29-23)15-6-7-16(18(26)10-15)25(33)34-2/h4-13,22H,3H2,1-2H3. The number of rotatable bonds is 5. The Morgan fingerprint density at radius 3 is 2.71 bits per heavy atom. The lowest BCUT2D eigenvalue weighted by atomic mass is 10.0. The van der Waals surface area contributed by atoms with Gasteiger partial charge in [-0.2, -0.15) is 0 Å². The largest absolute Gasteiger partial charge is 0.465 e. The first kappa shape index (κ1) is 21.6. The van der Waals surface area contributed by atoms with Crippen LogP contribution in [0.4, 0.5) is 8.78 Å². The molecule has 0 aliphatic heterocycles. The van der Waals surface area contributed by atoms with Gasteiger partial charge in [0.25, 0.3) is 0 Å². The number of ether oxygens (including phenoxy) is 1. The van der Waals surface area contributed by atoms with Gasteiger partial charge in [-0.25, -0.2) is 28.5 Å². The predicted octanol–water partition coefficient (Wildman–Crippen LogP) is 5.11.